The summed E-state index contributed by atoms with van der Waals surface area (Å²) in [5, 5.41) is 7.36. The van der Waals surface area contributed by atoms with Gasteiger partial charge in [0.15, 0.2) is 0 Å². The second-order valence-corrected chi connectivity index (χ2v) is 5.16. The Morgan fingerprint density at radius 1 is 1.41 bits per heavy atom. The van der Waals surface area contributed by atoms with Gasteiger partial charge in [0.2, 0.25) is 0 Å². The lowest BCUT2D eigenvalue weighted by molar-refractivity contribution is 0.0943. The summed E-state index contributed by atoms with van der Waals surface area (Å²) in [5.74, 6) is 0.252. The molecule has 1 aromatic heterocycles. The topological polar surface area (TPSA) is 64.4 Å². The van der Waals surface area contributed by atoms with Crippen LogP contribution in [0.4, 0.5) is 0 Å². The van der Waals surface area contributed by atoms with Gasteiger partial charge in [0.1, 0.15) is 17.0 Å². The summed E-state index contributed by atoms with van der Waals surface area (Å²) in [5.41, 5.74) is 1.57. The number of rotatable bonds is 7. The predicted octanol–water partition coefficient (Wildman–Crippen LogP) is 3.46. The molecule has 0 fully saturated rings. The van der Waals surface area contributed by atoms with Crippen LogP contribution in [0.15, 0.2) is 28.8 Å². The number of aryl methyl sites for hydroxylation is 1. The van der Waals surface area contributed by atoms with E-state index in [1.165, 1.54) is 0 Å². The van der Waals surface area contributed by atoms with Gasteiger partial charge in [0.05, 0.1) is 5.02 Å². The van der Waals surface area contributed by atoms with Crippen LogP contribution in [0.3, 0.4) is 0 Å². The molecule has 1 amide bonds. The predicted molar refractivity (Wildman–Crippen MR) is 85.1 cm³/mol. The summed E-state index contributed by atoms with van der Waals surface area (Å²) >= 11 is 6.18. The van der Waals surface area contributed by atoms with Gasteiger partial charge >= 0.3 is 0 Å². The van der Waals surface area contributed by atoms with Gasteiger partial charge in [0.25, 0.3) is 5.91 Å². The Labute approximate surface area is 134 Å². The summed E-state index contributed by atoms with van der Waals surface area (Å²) in [7, 11) is 0. The first kappa shape index (κ1) is 16.5. The molecule has 0 aliphatic heterocycles. The number of halogens is 1. The minimum atomic E-state index is -0.217. The molecule has 0 bridgehead atoms. The number of ether oxygens (including phenoxy) is 1. The highest BCUT2D eigenvalue weighted by molar-refractivity contribution is 6.33. The van der Waals surface area contributed by atoms with Crippen molar-refractivity contribution in [3.8, 4) is 11.3 Å². The zero-order valence-corrected chi connectivity index (χ0v) is 13.4. The molecular weight excluding hydrogens is 304 g/mol. The zero-order chi connectivity index (χ0) is 15.9. The van der Waals surface area contributed by atoms with Crippen molar-refractivity contribution in [1.29, 1.82) is 0 Å². The van der Waals surface area contributed by atoms with Crippen molar-refractivity contribution in [2.24, 2.45) is 0 Å². The van der Waals surface area contributed by atoms with Crippen molar-refractivity contribution in [2.45, 2.75) is 20.3 Å². The van der Waals surface area contributed by atoms with Gasteiger partial charge in [-0.2, -0.15) is 0 Å². The van der Waals surface area contributed by atoms with Crippen molar-refractivity contribution >= 4 is 17.5 Å². The molecule has 0 saturated carbocycles. The number of nitrogens with one attached hydrogen (secondary N) is 1. The van der Waals surface area contributed by atoms with Gasteiger partial charge in [-0.1, -0.05) is 35.0 Å². The fraction of sp³-hybridized carbons (Fsp3) is 0.375. The lowest BCUT2D eigenvalue weighted by atomic mass is 10.1. The molecule has 0 aliphatic rings. The molecule has 6 heteroatoms. The zero-order valence-electron chi connectivity index (χ0n) is 12.7. The van der Waals surface area contributed by atoms with Crippen LogP contribution in [0.2, 0.25) is 5.02 Å². The van der Waals surface area contributed by atoms with Crippen LogP contribution in [-0.4, -0.2) is 30.8 Å². The van der Waals surface area contributed by atoms with Crippen LogP contribution < -0.4 is 5.32 Å². The van der Waals surface area contributed by atoms with Crippen molar-refractivity contribution in [3.05, 3.63) is 40.6 Å². The number of carbonyl (C=O) groups is 1. The number of aromatic nitrogens is 1. The number of hydrogen-bond donors (Lipinski definition) is 1. The van der Waals surface area contributed by atoms with Crippen molar-refractivity contribution in [3.63, 3.8) is 0 Å². The fourth-order valence-corrected chi connectivity index (χ4v) is 2.31. The Balaban J connectivity index is 2.13. The Morgan fingerprint density at radius 3 is 2.91 bits per heavy atom. The van der Waals surface area contributed by atoms with E-state index in [1.807, 2.05) is 25.1 Å². The molecule has 0 atom stereocenters. The standard InChI is InChI=1S/C16H19ClN2O3/c1-3-21-10-6-9-18-16(20)14-11(2)22-19-15(14)12-7-4-5-8-13(12)17/h4-5,7-8H,3,6,9-10H2,1-2H3,(H,18,20). The van der Waals surface area contributed by atoms with E-state index in [1.54, 1.807) is 13.0 Å². The highest BCUT2D eigenvalue weighted by Crippen LogP contribution is 2.30. The average molecular weight is 323 g/mol. The van der Waals surface area contributed by atoms with Gasteiger partial charge in [-0.25, -0.2) is 0 Å². The molecule has 2 aromatic rings. The molecule has 2 rings (SSSR count). The number of nitrogens with zero attached hydrogens (tertiary/aromatic N) is 1. The van der Waals surface area contributed by atoms with Crippen LogP contribution >= 0.6 is 11.6 Å². The van der Waals surface area contributed by atoms with E-state index in [2.05, 4.69) is 10.5 Å². The maximum absolute atomic E-state index is 12.4. The first-order valence-electron chi connectivity index (χ1n) is 7.22. The molecule has 1 N–H and O–H groups in total. The third-order valence-corrected chi connectivity index (χ3v) is 3.50. The van der Waals surface area contributed by atoms with Gasteiger partial charge in [-0.15, -0.1) is 0 Å². The quantitative estimate of drug-likeness (QED) is 0.793. The average Bonchev–Trinajstić information content (AvgIpc) is 2.89. The van der Waals surface area contributed by atoms with Gasteiger partial charge < -0.3 is 14.6 Å². The van der Waals surface area contributed by atoms with Crippen LogP contribution in [0.5, 0.6) is 0 Å². The first-order valence-corrected chi connectivity index (χ1v) is 7.60. The van der Waals surface area contributed by atoms with Gasteiger partial charge in [-0.3, -0.25) is 4.79 Å². The third-order valence-electron chi connectivity index (χ3n) is 3.17. The summed E-state index contributed by atoms with van der Waals surface area (Å²) in [6.07, 6.45) is 0.755. The van der Waals surface area contributed by atoms with Crippen LogP contribution in [0.1, 0.15) is 29.5 Å². The van der Waals surface area contributed by atoms with Crippen LogP contribution in [0.25, 0.3) is 11.3 Å². The Hall–Kier alpha value is -1.85. The van der Waals surface area contributed by atoms with E-state index in [0.717, 1.165) is 6.42 Å². The molecule has 5 nitrogen and oxygen atoms in total. The lowest BCUT2D eigenvalue weighted by Gasteiger charge is -2.06. The Bertz CT molecular complexity index is 640. The molecule has 1 aromatic carbocycles. The van der Waals surface area contributed by atoms with E-state index < -0.39 is 0 Å². The summed E-state index contributed by atoms with van der Waals surface area (Å²) in [6, 6.07) is 7.23. The molecule has 1 heterocycles. The summed E-state index contributed by atoms with van der Waals surface area (Å²) in [4.78, 5) is 12.4. The minimum Gasteiger partial charge on any atom is -0.382 e. The Morgan fingerprint density at radius 2 is 2.18 bits per heavy atom. The summed E-state index contributed by atoms with van der Waals surface area (Å²) in [6.45, 7) is 5.48. The highest BCUT2D eigenvalue weighted by atomic mass is 35.5. The molecule has 0 spiro atoms. The molecule has 22 heavy (non-hydrogen) atoms. The normalized spacial score (nSPS) is 10.7. The second kappa shape index (κ2) is 7.96. The molecular formula is C16H19ClN2O3. The smallest absolute Gasteiger partial charge is 0.257 e. The molecule has 0 unspecified atom stereocenters. The highest BCUT2D eigenvalue weighted by Gasteiger charge is 2.22. The maximum Gasteiger partial charge on any atom is 0.257 e. The number of benzene rings is 1. The van der Waals surface area contributed by atoms with Crippen LogP contribution in [-0.2, 0) is 4.74 Å². The SMILES string of the molecule is CCOCCCNC(=O)c1c(-c2ccccc2Cl)noc1C. The lowest BCUT2D eigenvalue weighted by Crippen LogP contribution is -2.26. The molecule has 118 valence electrons. The van der Waals surface area contributed by atoms with Gasteiger partial charge in [0, 0.05) is 25.3 Å². The largest absolute Gasteiger partial charge is 0.382 e. The minimum absolute atomic E-state index is 0.217. The number of amides is 1. The second-order valence-electron chi connectivity index (χ2n) is 4.75. The van der Waals surface area contributed by atoms with Crippen molar-refractivity contribution in [2.75, 3.05) is 19.8 Å². The third kappa shape index (κ3) is 3.87. The summed E-state index contributed by atoms with van der Waals surface area (Å²) < 4.78 is 10.4. The van der Waals surface area contributed by atoms with E-state index in [9.17, 15) is 4.79 Å². The molecule has 0 radical (unpaired) electrons. The van der Waals surface area contributed by atoms with E-state index in [-0.39, 0.29) is 5.91 Å². The number of carbonyl (C=O) groups excluding carboxylic acids is 1. The van der Waals surface area contributed by atoms with E-state index in [0.29, 0.717) is 47.4 Å². The van der Waals surface area contributed by atoms with E-state index in [4.69, 9.17) is 20.9 Å². The Kier molecular flexibility index (Phi) is 5.98. The van der Waals surface area contributed by atoms with Crippen molar-refractivity contribution < 1.29 is 14.1 Å². The first-order chi connectivity index (χ1) is 10.6. The monoisotopic (exact) mass is 322 g/mol. The fourth-order valence-electron chi connectivity index (χ4n) is 2.09. The van der Waals surface area contributed by atoms with E-state index >= 15 is 0 Å². The maximum atomic E-state index is 12.4. The van der Waals surface area contributed by atoms with Crippen molar-refractivity contribution in [1.82, 2.24) is 10.5 Å². The number of hydrogen-bond acceptors (Lipinski definition) is 4. The van der Waals surface area contributed by atoms with Gasteiger partial charge in [-0.05, 0) is 26.3 Å². The molecule has 0 saturated heterocycles. The van der Waals surface area contributed by atoms with Crippen LogP contribution in [0, 0.1) is 6.92 Å². The molecule has 0 aliphatic carbocycles.